The highest BCUT2D eigenvalue weighted by atomic mass is 32.2. The zero-order valence-electron chi connectivity index (χ0n) is 18.2. The summed E-state index contributed by atoms with van der Waals surface area (Å²) in [5, 5.41) is 0.185. The van der Waals surface area contributed by atoms with Crippen LogP contribution in [0.15, 0.2) is 41.9 Å². The molecule has 0 atom stereocenters. The Morgan fingerprint density at radius 1 is 1.24 bits per heavy atom. The molecular formula is C22H25FN4O5S. The van der Waals surface area contributed by atoms with Crippen molar-refractivity contribution in [2.24, 2.45) is 0 Å². The molecular weight excluding hydrogens is 451 g/mol. The molecule has 0 radical (unpaired) electrons. The lowest BCUT2D eigenvalue weighted by atomic mass is 10.1. The molecule has 2 heterocycles. The van der Waals surface area contributed by atoms with Gasteiger partial charge in [-0.15, -0.1) is 0 Å². The van der Waals surface area contributed by atoms with E-state index in [2.05, 4.69) is 11.6 Å². The minimum Gasteiger partial charge on any atom is -0.480 e. The number of benzene rings is 1. The van der Waals surface area contributed by atoms with Crippen LogP contribution in [0, 0.1) is 5.82 Å². The van der Waals surface area contributed by atoms with Gasteiger partial charge < -0.3 is 14.5 Å². The molecule has 0 unspecified atom stereocenters. The van der Waals surface area contributed by atoms with Crippen molar-refractivity contribution in [1.82, 2.24) is 19.1 Å². The largest absolute Gasteiger partial charge is 0.480 e. The Morgan fingerprint density at radius 3 is 2.55 bits per heavy atom. The summed E-state index contributed by atoms with van der Waals surface area (Å²) in [6.45, 7) is 4.02. The number of nitrogens with zero attached hydrogens (tertiary/aromatic N) is 4. The summed E-state index contributed by atoms with van der Waals surface area (Å²) in [6, 6.07) is 3.83. The third-order valence-electron chi connectivity index (χ3n) is 5.95. The van der Waals surface area contributed by atoms with Crippen LogP contribution < -0.4 is 4.74 Å². The lowest BCUT2D eigenvalue weighted by molar-refractivity contribution is -0.139. The number of amides is 2. The highest BCUT2D eigenvalue weighted by Gasteiger charge is 2.36. The molecule has 0 N–H and O–H groups in total. The van der Waals surface area contributed by atoms with E-state index in [1.54, 1.807) is 4.90 Å². The van der Waals surface area contributed by atoms with Gasteiger partial charge in [-0.2, -0.15) is 4.31 Å². The second kappa shape index (κ2) is 9.06. The number of halogens is 1. The molecule has 2 aromatic rings. The Kier molecular flexibility index (Phi) is 6.35. The number of fused-ring (bicyclic) bond motifs is 1. The molecule has 1 aliphatic heterocycles. The van der Waals surface area contributed by atoms with E-state index in [1.807, 2.05) is 0 Å². The second-order valence-electron chi connectivity index (χ2n) is 7.97. The molecule has 33 heavy (non-hydrogen) atoms. The van der Waals surface area contributed by atoms with Crippen LogP contribution in [-0.2, 0) is 19.6 Å². The van der Waals surface area contributed by atoms with Gasteiger partial charge in [0.05, 0.1) is 17.4 Å². The van der Waals surface area contributed by atoms with Gasteiger partial charge in [0, 0.05) is 43.8 Å². The first-order valence-electron chi connectivity index (χ1n) is 10.6. The maximum Gasteiger partial charge on any atom is 0.246 e. The van der Waals surface area contributed by atoms with Crippen molar-refractivity contribution in [3.05, 3.63) is 42.9 Å². The normalized spacial score (nSPS) is 17.1. The molecule has 11 heteroatoms. The molecule has 176 valence electrons. The molecule has 1 aromatic carbocycles. The fraction of sp³-hybridized carbons (Fsp3) is 0.409. The molecule has 1 aromatic heterocycles. The van der Waals surface area contributed by atoms with Crippen LogP contribution >= 0.6 is 0 Å². The molecule has 2 amide bonds. The van der Waals surface area contributed by atoms with E-state index in [0.717, 1.165) is 18.9 Å². The summed E-state index contributed by atoms with van der Waals surface area (Å²) in [7, 11) is -2.62. The predicted molar refractivity (Wildman–Crippen MR) is 119 cm³/mol. The van der Waals surface area contributed by atoms with Crippen LogP contribution in [0.5, 0.6) is 5.88 Å². The summed E-state index contributed by atoms with van der Waals surface area (Å²) in [5.41, 5.74) is 0. The summed E-state index contributed by atoms with van der Waals surface area (Å²) < 4.78 is 47.5. The van der Waals surface area contributed by atoms with Crippen molar-refractivity contribution in [2.45, 2.75) is 23.8 Å². The highest BCUT2D eigenvalue weighted by Crippen LogP contribution is 2.32. The van der Waals surface area contributed by atoms with Gasteiger partial charge in [0.1, 0.15) is 12.4 Å². The van der Waals surface area contributed by atoms with Gasteiger partial charge in [-0.1, -0.05) is 6.58 Å². The van der Waals surface area contributed by atoms with E-state index >= 15 is 0 Å². The summed E-state index contributed by atoms with van der Waals surface area (Å²) in [5.74, 6) is -1.12. The lowest BCUT2D eigenvalue weighted by Gasteiger charge is -2.35. The number of ether oxygens (including phenoxy) is 1. The van der Waals surface area contributed by atoms with E-state index in [0.29, 0.717) is 0 Å². The Balaban J connectivity index is 1.50. The number of methoxy groups -OCH3 is 1. The van der Waals surface area contributed by atoms with Crippen molar-refractivity contribution < 1.29 is 27.1 Å². The van der Waals surface area contributed by atoms with E-state index in [9.17, 15) is 22.4 Å². The number of pyridine rings is 1. The molecule has 1 aliphatic carbocycles. The first-order chi connectivity index (χ1) is 15.8. The van der Waals surface area contributed by atoms with Crippen molar-refractivity contribution in [3.8, 4) is 5.88 Å². The van der Waals surface area contributed by atoms with Gasteiger partial charge in [-0.25, -0.2) is 17.8 Å². The van der Waals surface area contributed by atoms with Crippen LogP contribution in [0.2, 0.25) is 0 Å². The zero-order valence-corrected chi connectivity index (χ0v) is 19.1. The van der Waals surface area contributed by atoms with Crippen molar-refractivity contribution in [2.75, 3.05) is 39.8 Å². The fourth-order valence-corrected chi connectivity index (χ4v) is 5.64. The number of carbonyl (C=O) groups is 2. The van der Waals surface area contributed by atoms with E-state index < -0.39 is 15.8 Å². The number of carbonyl (C=O) groups excluding carboxylic acids is 2. The minimum absolute atomic E-state index is 0.00180. The van der Waals surface area contributed by atoms with Crippen LogP contribution in [0.3, 0.4) is 0 Å². The quantitative estimate of drug-likeness (QED) is 0.560. The zero-order chi connectivity index (χ0) is 23.8. The van der Waals surface area contributed by atoms with Gasteiger partial charge in [-0.3, -0.25) is 9.59 Å². The number of sulfonamides is 1. The third-order valence-corrected chi connectivity index (χ3v) is 7.91. The van der Waals surface area contributed by atoms with Gasteiger partial charge in [0.2, 0.25) is 27.7 Å². The first-order valence-corrected chi connectivity index (χ1v) is 12.0. The maximum atomic E-state index is 14.4. The lowest BCUT2D eigenvalue weighted by Crippen LogP contribution is -2.53. The molecule has 1 saturated carbocycles. The monoisotopic (exact) mass is 476 g/mol. The summed E-state index contributed by atoms with van der Waals surface area (Å²) in [6.07, 6.45) is 4.30. The van der Waals surface area contributed by atoms with Crippen molar-refractivity contribution >= 4 is 32.6 Å². The van der Waals surface area contributed by atoms with E-state index in [4.69, 9.17) is 4.74 Å². The fourth-order valence-electron chi connectivity index (χ4n) is 4.03. The van der Waals surface area contributed by atoms with Gasteiger partial charge >= 0.3 is 0 Å². The number of hydrogen-bond donors (Lipinski definition) is 0. The summed E-state index contributed by atoms with van der Waals surface area (Å²) >= 11 is 0. The number of aromatic nitrogens is 1. The molecule has 1 saturated heterocycles. The van der Waals surface area contributed by atoms with Crippen LogP contribution in [-0.4, -0.2) is 85.2 Å². The third kappa shape index (κ3) is 4.42. The van der Waals surface area contributed by atoms with Gasteiger partial charge in [0.15, 0.2) is 0 Å². The number of hydrogen-bond acceptors (Lipinski definition) is 6. The van der Waals surface area contributed by atoms with Crippen LogP contribution in [0.4, 0.5) is 4.39 Å². The topological polar surface area (TPSA) is 100 Å². The minimum atomic E-state index is -3.96. The van der Waals surface area contributed by atoms with Gasteiger partial charge in [0.25, 0.3) is 0 Å². The Labute approximate surface area is 191 Å². The Bertz CT molecular complexity index is 1210. The van der Waals surface area contributed by atoms with Crippen molar-refractivity contribution in [1.29, 1.82) is 0 Å². The summed E-state index contributed by atoms with van der Waals surface area (Å²) in [4.78, 5) is 31.8. The maximum absolute atomic E-state index is 14.4. The number of piperazine rings is 1. The molecule has 9 nitrogen and oxygen atoms in total. The average molecular weight is 477 g/mol. The Hall–Kier alpha value is -3.05. The Morgan fingerprint density at radius 2 is 1.94 bits per heavy atom. The molecule has 0 bridgehead atoms. The second-order valence-corrected chi connectivity index (χ2v) is 9.88. The predicted octanol–water partition coefficient (Wildman–Crippen LogP) is 1.39. The van der Waals surface area contributed by atoms with Crippen LogP contribution in [0.1, 0.15) is 12.8 Å². The smallest absolute Gasteiger partial charge is 0.246 e. The highest BCUT2D eigenvalue weighted by molar-refractivity contribution is 7.89. The molecule has 2 aliphatic rings. The first kappa shape index (κ1) is 23.1. The standard InChI is InChI=1S/C22H25FN4O5S/c1-3-19(28)27(15-4-5-15)14-20(29)25-10-12-26(13-11-25)33(30,31)18-7-6-17(23)21-16(18)8-9-24-22(21)32-2/h3,6-9,15H,1,4-5,10-14H2,2H3. The SMILES string of the molecule is C=CC(=O)N(CC(=O)N1CCN(S(=O)(=O)c2ccc(F)c3c(OC)nccc23)CC1)C1CC1. The van der Waals surface area contributed by atoms with E-state index in [-0.39, 0.29) is 72.1 Å². The molecule has 4 rings (SSSR count). The number of rotatable bonds is 7. The van der Waals surface area contributed by atoms with E-state index in [1.165, 1.54) is 40.7 Å². The van der Waals surface area contributed by atoms with Gasteiger partial charge in [-0.05, 0) is 37.1 Å². The van der Waals surface area contributed by atoms with Crippen molar-refractivity contribution in [3.63, 3.8) is 0 Å². The molecule has 2 fully saturated rings. The van der Waals surface area contributed by atoms with Crippen LogP contribution in [0.25, 0.3) is 10.8 Å². The average Bonchev–Trinajstić information content (AvgIpc) is 3.67. The molecule has 0 spiro atoms.